The Morgan fingerprint density at radius 1 is 1.08 bits per heavy atom. The Bertz CT molecular complexity index is 784. The van der Waals surface area contributed by atoms with Crippen molar-refractivity contribution in [2.45, 2.75) is 0 Å². The maximum absolute atomic E-state index is 12.3. The average molecular weight is 343 g/mol. The van der Waals surface area contributed by atoms with Crippen LogP contribution in [0.1, 0.15) is 10.4 Å². The minimum absolute atomic E-state index is 0.132. The summed E-state index contributed by atoms with van der Waals surface area (Å²) in [6, 6.07) is 13.5. The topological polar surface area (TPSA) is 67.4 Å². The SMILES string of the molecule is C#CCOc1cccc(C(=O)Nc2cccc(NC(=O)CCl)c2)c1. The van der Waals surface area contributed by atoms with Gasteiger partial charge in [-0.25, -0.2) is 0 Å². The van der Waals surface area contributed by atoms with Gasteiger partial charge in [0.2, 0.25) is 5.91 Å². The van der Waals surface area contributed by atoms with E-state index in [1.807, 2.05) is 0 Å². The first-order valence-corrected chi connectivity index (χ1v) is 7.59. The van der Waals surface area contributed by atoms with Gasteiger partial charge in [-0.2, -0.15) is 0 Å². The van der Waals surface area contributed by atoms with Crippen molar-refractivity contribution in [1.29, 1.82) is 0 Å². The molecule has 2 amide bonds. The second kappa shape index (κ2) is 8.61. The second-order valence-corrected chi connectivity index (χ2v) is 5.00. The van der Waals surface area contributed by atoms with Gasteiger partial charge in [0.25, 0.3) is 5.91 Å². The van der Waals surface area contributed by atoms with Crippen LogP contribution in [0, 0.1) is 12.3 Å². The molecule has 2 aromatic rings. The Morgan fingerprint density at radius 2 is 1.79 bits per heavy atom. The van der Waals surface area contributed by atoms with Crippen molar-refractivity contribution in [3.63, 3.8) is 0 Å². The number of halogens is 1. The molecule has 24 heavy (non-hydrogen) atoms. The van der Waals surface area contributed by atoms with E-state index in [4.69, 9.17) is 22.8 Å². The molecule has 0 bridgehead atoms. The van der Waals surface area contributed by atoms with Gasteiger partial charge in [0.1, 0.15) is 18.2 Å². The third kappa shape index (κ3) is 5.04. The molecule has 0 unspecified atom stereocenters. The molecule has 0 aliphatic rings. The lowest BCUT2D eigenvalue weighted by molar-refractivity contribution is -0.113. The van der Waals surface area contributed by atoms with E-state index in [2.05, 4.69) is 16.6 Å². The molecule has 0 aliphatic heterocycles. The number of alkyl halides is 1. The van der Waals surface area contributed by atoms with Crippen molar-refractivity contribution in [2.24, 2.45) is 0 Å². The van der Waals surface area contributed by atoms with Crippen molar-refractivity contribution in [1.82, 2.24) is 0 Å². The van der Waals surface area contributed by atoms with Crippen molar-refractivity contribution in [3.8, 4) is 18.1 Å². The minimum atomic E-state index is -0.321. The number of anilines is 2. The highest BCUT2D eigenvalue weighted by Gasteiger charge is 2.08. The number of hydrogen-bond donors (Lipinski definition) is 2. The van der Waals surface area contributed by atoms with Gasteiger partial charge in [0.05, 0.1) is 0 Å². The number of amides is 2. The van der Waals surface area contributed by atoms with Gasteiger partial charge < -0.3 is 15.4 Å². The number of carbonyl (C=O) groups is 2. The molecule has 2 N–H and O–H groups in total. The third-order valence-electron chi connectivity index (χ3n) is 2.94. The number of rotatable bonds is 6. The molecule has 0 saturated carbocycles. The molecule has 0 aromatic heterocycles. The molecule has 0 spiro atoms. The Hall–Kier alpha value is -2.97. The Morgan fingerprint density at radius 3 is 2.50 bits per heavy atom. The second-order valence-electron chi connectivity index (χ2n) is 4.74. The fourth-order valence-corrected chi connectivity index (χ4v) is 1.99. The van der Waals surface area contributed by atoms with E-state index in [-0.39, 0.29) is 24.3 Å². The van der Waals surface area contributed by atoms with Crippen molar-refractivity contribution < 1.29 is 14.3 Å². The van der Waals surface area contributed by atoms with E-state index in [0.29, 0.717) is 22.7 Å². The molecule has 0 radical (unpaired) electrons. The van der Waals surface area contributed by atoms with Crippen LogP contribution in [-0.4, -0.2) is 24.3 Å². The molecule has 0 saturated heterocycles. The normalized spacial score (nSPS) is 9.67. The van der Waals surface area contributed by atoms with E-state index < -0.39 is 0 Å². The molecule has 5 nitrogen and oxygen atoms in total. The smallest absolute Gasteiger partial charge is 0.255 e. The van der Waals surface area contributed by atoms with Crippen LogP contribution in [0.15, 0.2) is 48.5 Å². The number of benzene rings is 2. The van der Waals surface area contributed by atoms with Crippen LogP contribution in [0.3, 0.4) is 0 Å². The minimum Gasteiger partial charge on any atom is -0.481 e. The van der Waals surface area contributed by atoms with Crippen LogP contribution >= 0.6 is 11.6 Å². The van der Waals surface area contributed by atoms with Crippen LogP contribution in [-0.2, 0) is 4.79 Å². The van der Waals surface area contributed by atoms with E-state index in [1.165, 1.54) is 0 Å². The number of nitrogens with one attached hydrogen (secondary N) is 2. The number of ether oxygens (including phenoxy) is 1. The van der Waals surface area contributed by atoms with Gasteiger partial charge >= 0.3 is 0 Å². The van der Waals surface area contributed by atoms with Gasteiger partial charge in [-0.3, -0.25) is 9.59 Å². The summed E-state index contributed by atoms with van der Waals surface area (Å²) in [5.41, 5.74) is 1.52. The van der Waals surface area contributed by atoms with E-state index in [1.54, 1.807) is 48.5 Å². The average Bonchev–Trinajstić information content (AvgIpc) is 2.60. The summed E-state index contributed by atoms with van der Waals surface area (Å²) >= 11 is 5.45. The molecule has 0 fully saturated rings. The van der Waals surface area contributed by atoms with Gasteiger partial charge in [-0.05, 0) is 36.4 Å². The monoisotopic (exact) mass is 342 g/mol. The predicted octanol–water partition coefficient (Wildman–Crippen LogP) is 3.13. The lowest BCUT2D eigenvalue weighted by Gasteiger charge is -2.09. The maximum atomic E-state index is 12.3. The zero-order valence-electron chi connectivity index (χ0n) is 12.7. The predicted molar refractivity (Wildman–Crippen MR) is 94.5 cm³/mol. The van der Waals surface area contributed by atoms with Crippen LogP contribution in [0.5, 0.6) is 5.75 Å². The Balaban J connectivity index is 2.08. The summed E-state index contributed by atoms with van der Waals surface area (Å²) < 4.78 is 5.30. The lowest BCUT2D eigenvalue weighted by Crippen LogP contribution is -2.14. The standard InChI is InChI=1S/C18H15ClN2O3/c1-2-9-24-16-8-3-5-13(10-16)18(23)21-15-7-4-6-14(11-15)20-17(22)12-19/h1,3-8,10-11H,9,12H2,(H,20,22)(H,21,23). The summed E-state index contributed by atoms with van der Waals surface area (Å²) in [6.45, 7) is 0.132. The molecule has 0 aliphatic carbocycles. The van der Waals surface area contributed by atoms with E-state index >= 15 is 0 Å². The summed E-state index contributed by atoms with van der Waals surface area (Å²) in [6.07, 6.45) is 5.14. The summed E-state index contributed by atoms with van der Waals surface area (Å²) in [5.74, 6) is 2.12. The molecule has 0 atom stereocenters. The van der Waals surface area contributed by atoms with Crippen molar-refractivity contribution in [2.75, 3.05) is 23.1 Å². The summed E-state index contributed by atoms with van der Waals surface area (Å²) in [4.78, 5) is 23.6. The van der Waals surface area contributed by atoms with Gasteiger partial charge in [0, 0.05) is 16.9 Å². The number of carbonyl (C=O) groups excluding carboxylic acids is 2. The first-order chi connectivity index (χ1) is 11.6. The highest BCUT2D eigenvalue weighted by molar-refractivity contribution is 6.29. The van der Waals surface area contributed by atoms with Crippen LogP contribution in [0.25, 0.3) is 0 Å². The molecule has 0 heterocycles. The van der Waals surface area contributed by atoms with Crippen molar-refractivity contribution in [3.05, 3.63) is 54.1 Å². The number of terminal acetylenes is 1. The molecular formula is C18H15ClN2O3. The molecule has 6 heteroatoms. The van der Waals surface area contributed by atoms with Crippen LogP contribution in [0.4, 0.5) is 11.4 Å². The quantitative estimate of drug-likeness (QED) is 0.626. The zero-order valence-corrected chi connectivity index (χ0v) is 13.5. The Kier molecular flexibility index (Phi) is 6.23. The Labute approximate surface area is 145 Å². The van der Waals surface area contributed by atoms with Gasteiger partial charge in [-0.15, -0.1) is 18.0 Å². The third-order valence-corrected chi connectivity index (χ3v) is 3.19. The van der Waals surface area contributed by atoms with E-state index in [9.17, 15) is 9.59 Å². The zero-order chi connectivity index (χ0) is 17.4. The van der Waals surface area contributed by atoms with Gasteiger partial charge in [0.15, 0.2) is 0 Å². The highest BCUT2D eigenvalue weighted by atomic mass is 35.5. The fraction of sp³-hybridized carbons (Fsp3) is 0.111. The number of hydrogen-bond acceptors (Lipinski definition) is 3. The highest BCUT2D eigenvalue weighted by Crippen LogP contribution is 2.18. The van der Waals surface area contributed by atoms with Crippen molar-refractivity contribution >= 4 is 34.8 Å². The first kappa shape index (κ1) is 17.4. The lowest BCUT2D eigenvalue weighted by atomic mass is 10.2. The maximum Gasteiger partial charge on any atom is 0.255 e. The largest absolute Gasteiger partial charge is 0.481 e. The van der Waals surface area contributed by atoms with Gasteiger partial charge in [-0.1, -0.05) is 18.1 Å². The molecule has 2 rings (SSSR count). The first-order valence-electron chi connectivity index (χ1n) is 7.06. The van der Waals surface area contributed by atoms with E-state index in [0.717, 1.165) is 0 Å². The molecule has 122 valence electrons. The van der Waals surface area contributed by atoms with Crippen LogP contribution in [0.2, 0.25) is 0 Å². The molecular weight excluding hydrogens is 328 g/mol. The molecule has 2 aromatic carbocycles. The fourth-order valence-electron chi connectivity index (χ4n) is 1.92. The summed E-state index contributed by atoms with van der Waals surface area (Å²) in [7, 11) is 0. The van der Waals surface area contributed by atoms with Crippen LogP contribution < -0.4 is 15.4 Å². The summed E-state index contributed by atoms with van der Waals surface area (Å²) in [5, 5.41) is 5.37.